The number of piperazine rings is 1. The minimum Gasteiger partial charge on any atom is -0.325 e. The summed E-state index contributed by atoms with van der Waals surface area (Å²) in [4.78, 5) is 29.0. The van der Waals surface area contributed by atoms with Crippen LogP contribution in [0, 0.1) is 5.82 Å². The summed E-state index contributed by atoms with van der Waals surface area (Å²) in [5, 5.41) is 5.72. The van der Waals surface area contributed by atoms with Gasteiger partial charge in [0, 0.05) is 37.6 Å². The third kappa shape index (κ3) is 6.11. The van der Waals surface area contributed by atoms with Crippen LogP contribution in [0.25, 0.3) is 0 Å². The van der Waals surface area contributed by atoms with E-state index >= 15 is 0 Å². The minimum atomic E-state index is -0.381. The van der Waals surface area contributed by atoms with Gasteiger partial charge < -0.3 is 10.6 Å². The Bertz CT molecular complexity index is 881. The van der Waals surface area contributed by atoms with Crippen LogP contribution < -0.4 is 10.6 Å². The van der Waals surface area contributed by atoms with Gasteiger partial charge in [0.15, 0.2) is 0 Å². The molecule has 3 rings (SSSR count). The van der Waals surface area contributed by atoms with E-state index in [9.17, 15) is 14.0 Å². The fourth-order valence-electron chi connectivity index (χ4n) is 3.56. The van der Waals surface area contributed by atoms with Gasteiger partial charge in [0.05, 0.1) is 12.6 Å². The number of carbonyl (C=O) groups excluding carboxylic acids is 2. The number of halogens is 1. The summed E-state index contributed by atoms with van der Waals surface area (Å²) >= 11 is 0. The van der Waals surface area contributed by atoms with Crippen molar-refractivity contribution in [3.63, 3.8) is 0 Å². The van der Waals surface area contributed by atoms with Crippen LogP contribution in [0.1, 0.15) is 19.4 Å². The van der Waals surface area contributed by atoms with Crippen LogP contribution in [-0.2, 0) is 16.0 Å². The second kappa shape index (κ2) is 10.3. The molecule has 1 aliphatic heterocycles. The molecular weight excluding hydrogens is 383 g/mol. The number of benzene rings is 2. The number of carbonyl (C=O) groups is 2. The molecule has 2 amide bonds. The highest BCUT2D eigenvalue weighted by Gasteiger charge is 2.26. The molecule has 7 heteroatoms. The van der Waals surface area contributed by atoms with Crippen molar-refractivity contribution in [1.29, 1.82) is 0 Å². The number of rotatable bonds is 7. The number of amides is 2. The van der Waals surface area contributed by atoms with Gasteiger partial charge in [-0.05, 0) is 49.2 Å². The van der Waals surface area contributed by atoms with Crippen molar-refractivity contribution in [2.45, 2.75) is 26.3 Å². The lowest BCUT2D eigenvalue weighted by Gasteiger charge is -2.37. The Labute approximate surface area is 177 Å². The number of anilines is 2. The smallest absolute Gasteiger partial charge is 0.241 e. The predicted octanol–water partition coefficient (Wildman–Crippen LogP) is 2.97. The molecule has 30 heavy (non-hydrogen) atoms. The van der Waals surface area contributed by atoms with Crippen LogP contribution in [0.5, 0.6) is 0 Å². The Balaban J connectivity index is 1.44. The van der Waals surface area contributed by atoms with E-state index in [1.807, 2.05) is 31.2 Å². The zero-order chi connectivity index (χ0) is 21.5. The zero-order valence-corrected chi connectivity index (χ0v) is 17.5. The summed E-state index contributed by atoms with van der Waals surface area (Å²) in [6.07, 6.45) is 0.927. The maximum Gasteiger partial charge on any atom is 0.241 e. The van der Waals surface area contributed by atoms with Gasteiger partial charge >= 0.3 is 0 Å². The van der Waals surface area contributed by atoms with E-state index in [4.69, 9.17) is 0 Å². The summed E-state index contributed by atoms with van der Waals surface area (Å²) in [5.74, 6) is -0.579. The molecule has 2 aromatic rings. The SMILES string of the molecule is CCc1cccc(NC(=O)CN2CCN(C(C)C(=O)Nc3cccc(F)c3)CC2)c1. The number of nitrogens with zero attached hydrogens (tertiary/aromatic N) is 2. The average molecular weight is 413 g/mol. The topological polar surface area (TPSA) is 64.7 Å². The Morgan fingerprint density at radius 1 is 1.00 bits per heavy atom. The van der Waals surface area contributed by atoms with Crippen molar-refractivity contribution < 1.29 is 14.0 Å². The van der Waals surface area contributed by atoms with Crippen LogP contribution in [0.15, 0.2) is 48.5 Å². The van der Waals surface area contributed by atoms with Crippen molar-refractivity contribution in [3.8, 4) is 0 Å². The van der Waals surface area contributed by atoms with Crippen molar-refractivity contribution >= 4 is 23.2 Å². The molecule has 6 nitrogen and oxygen atoms in total. The normalized spacial score (nSPS) is 16.1. The molecule has 2 N–H and O–H groups in total. The summed E-state index contributed by atoms with van der Waals surface area (Å²) in [6.45, 7) is 7.05. The maximum absolute atomic E-state index is 13.3. The molecular formula is C23H29FN4O2. The van der Waals surface area contributed by atoms with Gasteiger partial charge in [-0.25, -0.2) is 4.39 Å². The minimum absolute atomic E-state index is 0.0337. The van der Waals surface area contributed by atoms with E-state index in [0.29, 0.717) is 38.4 Å². The molecule has 1 saturated heterocycles. The van der Waals surface area contributed by atoms with Crippen LogP contribution >= 0.6 is 0 Å². The van der Waals surface area contributed by atoms with Gasteiger partial charge in [0.2, 0.25) is 11.8 Å². The molecule has 0 bridgehead atoms. The molecule has 0 radical (unpaired) electrons. The van der Waals surface area contributed by atoms with Gasteiger partial charge in [-0.2, -0.15) is 0 Å². The van der Waals surface area contributed by atoms with E-state index < -0.39 is 0 Å². The highest BCUT2D eigenvalue weighted by Crippen LogP contribution is 2.14. The number of nitrogens with one attached hydrogen (secondary N) is 2. The Hall–Kier alpha value is -2.77. The summed E-state index contributed by atoms with van der Waals surface area (Å²) in [5.41, 5.74) is 2.46. The first kappa shape index (κ1) is 21.9. The molecule has 0 saturated carbocycles. The molecule has 1 aliphatic rings. The second-order valence-electron chi connectivity index (χ2n) is 7.59. The summed E-state index contributed by atoms with van der Waals surface area (Å²) < 4.78 is 13.3. The van der Waals surface area contributed by atoms with Crippen LogP contribution in [0.4, 0.5) is 15.8 Å². The van der Waals surface area contributed by atoms with Crippen LogP contribution in [0.2, 0.25) is 0 Å². The number of hydrogen-bond donors (Lipinski definition) is 2. The van der Waals surface area contributed by atoms with Gasteiger partial charge in [0.1, 0.15) is 5.82 Å². The van der Waals surface area contributed by atoms with Gasteiger partial charge in [0.25, 0.3) is 0 Å². The molecule has 0 aliphatic carbocycles. The van der Waals surface area contributed by atoms with Gasteiger partial charge in [-0.3, -0.25) is 19.4 Å². The standard InChI is InChI=1S/C23H29FN4O2/c1-3-18-6-4-8-20(14-18)25-22(29)16-27-10-12-28(13-11-27)17(2)23(30)26-21-9-5-7-19(24)15-21/h4-9,14-15,17H,3,10-13,16H2,1-2H3,(H,25,29)(H,26,30). The fourth-order valence-corrected chi connectivity index (χ4v) is 3.56. The van der Waals surface area contributed by atoms with E-state index in [1.54, 1.807) is 12.1 Å². The third-order valence-electron chi connectivity index (χ3n) is 5.41. The van der Waals surface area contributed by atoms with Crippen molar-refractivity contribution in [3.05, 3.63) is 59.9 Å². The Morgan fingerprint density at radius 3 is 2.33 bits per heavy atom. The van der Waals surface area contributed by atoms with Gasteiger partial charge in [-0.15, -0.1) is 0 Å². The van der Waals surface area contributed by atoms with E-state index in [-0.39, 0.29) is 23.7 Å². The molecule has 1 fully saturated rings. The summed E-state index contributed by atoms with van der Waals surface area (Å²) in [7, 11) is 0. The quantitative estimate of drug-likeness (QED) is 0.734. The van der Waals surface area contributed by atoms with Crippen molar-refractivity contribution in [2.75, 3.05) is 43.4 Å². The third-order valence-corrected chi connectivity index (χ3v) is 5.41. The van der Waals surface area contributed by atoms with Crippen molar-refractivity contribution in [2.24, 2.45) is 0 Å². The zero-order valence-electron chi connectivity index (χ0n) is 17.5. The molecule has 0 aromatic heterocycles. The lowest BCUT2D eigenvalue weighted by molar-refractivity contribution is -0.122. The highest BCUT2D eigenvalue weighted by atomic mass is 19.1. The van der Waals surface area contributed by atoms with E-state index in [2.05, 4.69) is 27.4 Å². The van der Waals surface area contributed by atoms with Crippen molar-refractivity contribution in [1.82, 2.24) is 9.80 Å². The number of hydrogen-bond acceptors (Lipinski definition) is 4. The lowest BCUT2D eigenvalue weighted by Crippen LogP contribution is -2.53. The first-order valence-corrected chi connectivity index (χ1v) is 10.4. The average Bonchev–Trinajstić information content (AvgIpc) is 2.74. The Morgan fingerprint density at radius 2 is 1.67 bits per heavy atom. The molecule has 1 unspecified atom stereocenters. The molecule has 160 valence electrons. The maximum atomic E-state index is 13.3. The first-order valence-electron chi connectivity index (χ1n) is 10.4. The number of aryl methyl sites for hydroxylation is 1. The Kier molecular flexibility index (Phi) is 7.54. The second-order valence-corrected chi connectivity index (χ2v) is 7.59. The van der Waals surface area contributed by atoms with Crippen LogP contribution in [-0.4, -0.2) is 60.4 Å². The van der Waals surface area contributed by atoms with Crippen LogP contribution in [0.3, 0.4) is 0 Å². The van der Waals surface area contributed by atoms with E-state index in [1.165, 1.54) is 17.7 Å². The highest BCUT2D eigenvalue weighted by molar-refractivity contribution is 5.94. The summed E-state index contributed by atoms with van der Waals surface area (Å²) in [6, 6.07) is 13.4. The fraction of sp³-hybridized carbons (Fsp3) is 0.391. The van der Waals surface area contributed by atoms with E-state index in [0.717, 1.165) is 12.1 Å². The first-order chi connectivity index (χ1) is 14.4. The monoisotopic (exact) mass is 412 g/mol. The molecule has 2 aromatic carbocycles. The van der Waals surface area contributed by atoms with Gasteiger partial charge in [-0.1, -0.05) is 25.1 Å². The predicted molar refractivity (Wildman–Crippen MR) is 117 cm³/mol. The molecule has 1 atom stereocenters. The molecule has 0 spiro atoms. The largest absolute Gasteiger partial charge is 0.325 e. The molecule has 1 heterocycles. The lowest BCUT2D eigenvalue weighted by atomic mass is 10.1.